The molecule has 7 heteroatoms. The molecule has 1 aromatic carbocycles. The van der Waals surface area contributed by atoms with Crippen molar-refractivity contribution < 1.29 is 19.8 Å². The molecule has 3 rings (SSSR count). The fraction of sp³-hybridized carbons (Fsp3) is 0.417. The fourth-order valence-electron chi connectivity index (χ4n) is 3.57. The molecule has 31 heavy (non-hydrogen) atoms. The van der Waals surface area contributed by atoms with Crippen LogP contribution >= 0.6 is 0 Å². The SMILES string of the molecule is C=CC(C)(C)c1[nH]c2c(CC(O)C(C)(C)O)cccc2c1C=C1NC(=O)C(C)NC1=O. The summed E-state index contributed by atoms with van der Waals surface area (Å²) in [6.07, 6.45) is 2.78. The first-order chi connectivity index (χ1) is 14.3. The van der Waals surface area contributed by atoms with Gasteiger partial charge in [0.1, 0.15) is 11.7 Å². The van der Waals surface area contributed by atoms with Crippen LogP contribution in [0, 0.1) is 0 Å². The van der Waals surface area contributed by atoms with Crippen LogP contribution in [0.1, 0.15) is 51.4 Å². The van der Waals surface area contributed by atoms with E-state index in [1.807, 2.05) is 38.1 Å². The molecule has 2 heterocycles. The van der Waals surface area contributed by atoms with Crippen molar-refractivity contribution in [2.45, 2.75) is 64.2 Å². The number of aromatic nitrogens is 1. The summed E-state index contributed by atoms with van der Waals surface area (Å²) in [5, 5.41) is 26.8. The molecule has 2 atom stereocenters. The zero-order chi connectivity index (χ0) is 23.1. The molecule has 166 valence electrons. The van der Waals surface area contributed by atoms with E-state index in [4.69, 9.17) is 0 Å². The topological polar surface area (TPSA) is 114 Å². The van der Waals surface area contributed by atoms with Crippen LogP contribution in [0.3, 0.4) is 0 Å². The van der Waals surface area contributed by atoms with E-state index in [2.05, 4.69) is 22.2 Å². The summed E-state index contributed by atoms with van der Waals surface area (Å²) in [4.78, 5) is 28.0. The lowest BCUT2D eigenvalue weighted by molar-refractivity contribution is -0.130. The Hall–Kier alpha value is -2.90. The van der Waals surface area contributed by atoms with Crippen molar-refractivity contribution in [1.29, 1.82) is 0 Å². The van der Waals surface area contributed by atoms with Crippen LogP contribution in [0.2, 0.25) is 0 Å². The number of aromatic amines is 1. The second kappa shape index (κ2) is 7.98. The number of H-pyrrole nitrogens is 1. The fourth-order valence-corrected chi connectivity index (χ4v) is 3.57. The summed E-state index contributed by atoms with van der Waals surface area (Å²) in [7, 11) is 0. The molecule has 1 saturated heterocycles. The van der Waals surface area contributed by atoms with Crippen molar-refractivity contribution in [2.24, 2.45) is 0 Å². The van der Waals surface area contributed by atoms with Gasteiger partial charge >= 0.3 is 0 Å². The van der Waals surface area contributed by atoms with Gasteiger partial charge < -0.3 is 25.8 Å². The highest BCUT2D eigenvalue weighted by atomic mass is 16.3. The highest BCUT2D eigenvalue weighted by Gasteiger charge is 2.30. The first-order valence-corrected chi connectivity index (χ1v) is 10.4. The predicted octanol–water partition coefficient (Wildman–Crippen LogP) is 2.28. The number of carbonyl (C=O) groups excluding carboxylic acids is 2. The Bertz CT molecular complexity index is 1070. The van der Waals surface area contributed by atoms with Crippen molar-refractivity contribution in [3.05, 3.63) is 53.4 Å². The lowest BCUT2D eigenvalue weighted by atomic mass is 9.86. The molecule has 0 radical (unpaired) electrons. The van der Waals surface area contributed by atoms with Gasteiger partial charge in [-0.05, 0) is 32.4 Å². The average molecular weight is 426 g/mol. The number of amides is 2. The number of para-hydroxylation sites is 1. The summed E-state index contributed by atoms with van der Waals surface area (Å²) in [6.45, 7) is 12.7. The van der Waals surface area contributed by atoms with Crippen LogP contribution in [0.4, 0.5) is 0 Å². The third kappa shape index (κ3) is 4.43. The minimum absolute atomic E-state index is 0.173. The minimum atomic E-state index is -1.25. The number of allylic oxidation sites excluding steroid dienone is 1. The normalized spacial score (nSPS) is 20.0. The third-order valence-corrected chi connectivity index (χ3v) is 5.88. The van der Waals surface area contributed by atoms with Crippen molar-refractivity contribution >= 4 is 28.8 Å². The van der Waals surface area contributed by atoms with Gasteiger partial charge in [0.25, 0.3) is 5.91 Å². The van der Waals surface area contributed by atoms with Gasteiger partial charge in [0, 0.05) is 34.0 Å². The largest absolute Gasteiger partial charge is 0.390 e. The van der Waals surface area contributed by atoms with Crippen molar-refractivity contribution in [3.8, 4) is 0 Å². The minimum Gasteiger partial charge on any atom is -0.390 e. The molecule has 0 bridgehead atoms. The summed E-state index contributed by atoms with van der Waals surface area (Å²) in [5.74, 6) is -0.623. The quantitative estimate of drug-likeness (QED) is 0.361. The molecule has 1 aliphatic heterocycles. The van der Waals surface area contributed by atoms with Gasteiger partial charge in [-0.25, -0.2) is 0 Å². The molecule has 5 N–H and O–H groups in total. The van der Waals surface area contributed by atoms with Crippen LogP contribution in [0.25, 0.3) is 17.0 Å². The van der Waals surface area contributed by atoms with E-state index in [0.29, 0.717) is 0 Å². The van der Waals surface area contributed by atoms with E-state index in [1.54, 1.807) is 26.8 Å². The predicted molar refractivity (Wildman–Crippen MR) is 121 cm³/mol. The number of hydrogen-bond donors (Lipinski definition) is 5. The molecule has 0 aliphatic carbocycles. The number of aliphatic hydroxyl groups is 2. The number of piperazine rings is 1. The number of nitrogens with one attached hydrogen (secondary N) is 3. The number of carbonyl (C=O) groups is 2. The van der Waals surface area contributed by atoms with Crippen LogP contribution in [0.15, 0.2) is 36.6 Å². The number of rotatable bonds is 6. The molecule has 2 amide bonds. The van der Waals surface area contributed by atoms with Crippen molar-refractivity contribution in [2.75, 3.05) is 0 Å². The zero-order valence-electron chi connectivity index (χ0n) is 18.7. The molecular formula is C24H31N3O4. The highest BCUT2D eigenvalue weighted by Crippen LogP contribution is 2.36. The molecule has 1 fully saturated rings. The van der Waals surface area contributed by atoms with Gasteiger partial charge in [0.05, 0.1) is 11.7 Å². The average Bonchev–Trinajstić information content (AvgIpc) is 3.05. The van der Waals surface area contributed by atoms with Gasteiger partial charge in [-0.1, -0.05) is 38.1 Å². The summed E-state index contributed by atoms with van der Waals surface area (Å²) >= 11 is 0. The van der Waals surface area contributed by atoms with Crippen LogP contribution in [-0.2, 0) is 21.4 Å². The monoisotopic (exact) mass is 425 g/mol. The van der Waals surface area contributed by atoms with E-state index in [9.17, 15) is 19.8 Å². The second-order valence-electron chi connectivity index (χ2n) is 9.30. The Labute approximate surface area is 182 Å². The van der Waals surface area contributed by atoms with Gasteiger partial charge in [0.15, 0.2) is 0 Å². The molecule has 1 aliphatic rings. The Morgan fingerprint density at radius 3 is 2.52 bits per heavy atom. The first-order valence-electron chi connectivity index (χ1n) is 10.4. The maximum Gasteiger partial charge on any atom is 0.268 e. The second-order valence-corrected chi connectivity index (χ2v) is 9.30. The van der Waals surface area contributed by atoms with E-state index in [-0.39, 0.29) is 23.9 Å². The van der Waals surface area contributed by atoms with Gasteiger partial charge in [-0.2, -0.15) is 0 Å². The first kappa shape index (κ1) is 22.8. The molecule has 2 aromatic rings. The van der Waals surface area contributed by atoms with E-state index < -0.39 is 23.2 Å². The summed E-state index contributed by atoms with van der Waals surface area (Å²) in [5.41, 5.74) is 1.70. The van der Waals surface area contributed by atoms with Crippen LogP contribution in [0.5, 0.6) is 0 Å². The van der Waals surface area contributed by atoms with Gasteiger partial charge in [0.2, 0.25) is 5.91 Å². The summed E-state index contributed by atoms with van der Waals surface area (Å²) in [6, 6.07) is 5.10. The molecular weight excluding hydrogens is 394 g/mol. The van der Waals surface area contributed by atoms with Crippen LogP contribution in [-0.4, -0.2) is 44.8 Å². The lowest BCUT2D eigenvalue weighted by Gasteiger charge is -2.24. The Kier molecular flexibility index (Phi) is 5.86. The number of benzene rings is 1. The van der Waals surface area contributed by atoms with E-state index in [0.717, 1.165) is 27.7 Å². The maximum absolute atomic E-state index is 12.5. The van der Waals surface area contributed by atoms with E-state index in [1.165, 1.54) is 0 Å². The van der Waals surface area contributed by atoms with Crippen molar-refractivity contribution in [1.82, 2.24) is 15.6 Å². The molecule has 0 saturated carbocycles. The smallest absolute Gasteiger partial charge is 0.268 e. The molecule has 7 nitrogen and oxygen atoms in total. The Morgan fingerprint density at radius 1 is 1.23 bits per heavy atom. The number of aliphatic hydroxyl groups excluding tert-OH is 1. The van der Waals surface area contributed by atoms with Crippen LogP contribution < -0.4 is 10.6 Å². The Morgan fingerprint density at radius 2 is 1.90 bits per heavy atom. The Balaban J connectivity index is 2.20. The van der Waals surface area contributed by atoms with E-state index >= 15 is 0 Å². The standard InChI is InChI=1S/C24H31N3O4/c1-7-23(3,4)20-16(12-17-22(30)25-13(2)21(29)26-17)15-10-8-9-14(19(15)27-20)11-18(28)24(5,6)31/h7-10,12-13,18,27-28,31H,1,11H2,2-6H3,(H,25,30)(H,26,29). The summed E-state index contributed by atoms with van der Waals surface area (Å²) < 4.78 is 0. The maximum atomic E-state index is 12.5. The molecule has 0 spiro atoms. The van der Waals surface area contributed by atoms with Gasteiger partial charge in [-0.15, -0.1) is 6.58 Å². The van der Waals surface area contributed by atoms with Crippen molar-refractivity contribution in [3.63, 3.8) is 0 Å². The lowest BCUT2D eigenvalue weighted by Crippen LogP contribution is -2.53. The third-order valence-electron chi connectivity index (χ3n) is 5.88. The number of hydrogen-bond acceptors (Lipinski definition) is 4. The molecule has 2 unspecified atom stereocenters. The van der Waals surface area contributed by atoms with Gasteiger partial charge in [-0.3, -0.25) is 9.59 Å². The highest BCUT2D eigenvalue weighted by molar-refractivity contribution is 6.08. The molecule has 1 aromatic heterocycles. The zero-order valence-corrected chi connectivity index (χ0v) is 18.7. The number of fused-ring (bicyclic) bond motifs is 1.